The number of hydrogen-bond donors (Lipinski definition) is 2. The van der Waals surface area contributed by atoms with Crippen LogP contribution in [-0.2, 0) is 22.4 Å². The molecule has 0 radical (unpaired) electrons. The van der Waals surface area contributed by atoms with Crippen molar-refractivity contribution in [1.29, 1.82) is 0 Å². The Kier molecular flexibility index (Phi) is 15.3. The van der Waals surface area contributed by atoms with Crippen LogP contribution in [0.4, 0.5) is 37.7 Å². The Hall–Kier alpha value is -4.64. The van der Waals surface area contributed by atoms with E-state index >= 15 is 0 Å². The Morgan fingerprint density at radius 3 is 1.27 bits per heavy atom. The topological polar surface area (TPSA) is 158 Å². The molecule has 4 N–H and O–H groups in total. The lowest BCUT2D eigenvalue weighted by molar-refractivity contribution is -0.870. The van der Waals surface area contributed by atoms with Crippen LogP contribution in [0.5, 0.6) is 0 Å². The Morgan fingerprint density at radius 2 is 0.969 bits per heavy atom. The zero-order valence-electron chi connectivity index (χ0n) is 36.6. The van der Waals surface area contributed by atoms with E-state index in [1.165, 1.54) is 61.3 Å². The molecule has 2 aromatic carbocycles. The summed E-state index contributed by atoms with van der Waals surface area (Å²) in [5, 5.41) is 21.1. The van der Waals surface area contributed by atoms with Gasteiger partial charge in [-0.1, -0.05) is 46.5 Å². The van der Waals surface area contributed by atoms with Gasteiger partial charge in [0.1, 0.15) is 11.9 Å². The summed E-state index contributed by atoms with van der Waals surface area (Å²) in [5.74, 6) is -3.75. The van der Waals surface area contributed by atoms with E-state index in [4.69, 9.17) is 64.4 Å². The Labute approximate surface area is 378 Å². The number of fused-ring (bicyclic) bond motifs is 10. The van der Waals surface area contributed by atoms with Gasteiger partial charge >= 0.3 is 12.4 Å². The first kappa shape index (κ1) is 50.4. The molecule has 2 aromatic heterocycles. The smallest absolute Gasteiger partial charge is 0.430 e. The van der Waals surface area contributed by atoms with Crippen molar-refractivity contribution in [3.63, 3.8) is 0 Å². The summed E-state index contributed by atoms with van der Waals surface area (Å²) in [4.78, 5) is 27.4. The number of nitrogen functional groups attached to an aromatic ring is 2. The van der Waals surface area contributed by atoms with Crippen molar-refractivity contribution < 1.29 is 55.1 Å². The number of pyridine rings is 2. The van der Waals surface area contributed by atoms with Crippen molar-refractivity contribution in [1.82, 2.24) is 9.97 Å². The number of nitrogens with zero attached hydrogens (tertiary/aromatic N) is 4. The highest BCUT2D eigenvalue weighted by Gasteiger charge is 2.36. The van der Waals surface area contributed by atoms with Gasteiger partial charge in [0.05, 0.1) is 66.4 Å². The van der Waals surface area contributed by atoms with Crippen LogP contribution < -0.4 is 21.7 Å². The van der Waals surface area contributed by atoms with Crippen molar-refractivity contribution in [2.45, 2.75) is 75.6 Å². The molecule has 0 spiro atoms. The van der Waals surface area contributed by atoms with Crippen LogP contribution >= 0.6 is 23.2 Å². The van der Waals surface area contributed by atoms with E-state index in [2.05, 4.69) is 54.4 Å². The summed E-state index contributed by atoms with van der Waals surface area (Å²) >= 11 is 12.3. The molecule has 0 fully saturated rings. The van der Waals surface area contributed by atoms with Gasteiger partial charge in [0, 0.05) is 67.5 Å². The van der Waals surface area contributed by atoms with Gasteiger partial charge in [0.15, 0.2) is 0 Å². The number of carboxylic acids is 2. The molecule has 4 aliphatic carbocycles. The second kappa shape index (κ2) is 19.4. The third-order valence-electron chi connectivity index (χ3n) is 11.7. The maximum Gasteiger partial charge on any atom is 0.430 e. The second-order valence-corrected chi connectivity index (χ2v) is 19.9. The normalized spacial score (nSPS) is 20.2. The maximum atomic E-state index is 10.5. The highest BCUT2D eigenvalue weighted by molar-refractivity contribution is 6.31. The lowest BCUT2D eigenvalue weighted by Crippen LogP contribution is -2.37. The number of aliphatic carboxylic acids is 2. The molecule has 348 valence electrons. The first-order valence-corrected chi connectivity index (χ1v) is 21.6. The van der Waals surface area contributed by atoms with Gasteiger partial charge in [-0.15, -0.1) is 0 Å². The zero-order chi connectivity index (χ0) is 47.7. The van der Waals surface area contributed by atoms with E-state index in [0.717, 1.165) is 77.9 Å². The minimum atomic E-state index is -5.19. The van der Waals surface area contributed by atoms with Gasteiger partial charge in [0.2, 0.25) is 0 Å². The largest absolute Gasteiger partial charge is 0.542 e. The fourth-order valence-electron chi connectivity index (χ4n) is 8.90. The molecule has 4 aromatic rings. The molecule has 8 rings (SSSR count). The average molecular weight is 940 g/mol. The number of nitrogens with two attached hydrogens (primary N) is 2. The molecule has 0 saturated carbocycles. The van der Waals surface area contributed by atoms with Crippen molar-refractivity contribution >= 4 is 68.3 Å². The molecule has 4 atom stereocenters. The van der Waals surface area contributed by atoms with Crippen molar-refractivity contribution in [3.8, 4) is 0 Å². The van der Waals surface area contributed by atoms with Crippen molar-refractivity contribution in [2.75, 3.05) is 66.8 Å². The fourth-order valence-corrected chi connectivity index (χ4v) is 9.24. The minimum absolute atomic E-state index is 0.522. The first-order chi connectivity index (χ1) is 29.5. The highest BCUT2D eigenvalue weighted by Crippen LogP contribution is 2.49. The molecule has 4 aliphatic rings. The number of carbonyl (C=O) groups excluding carboxylic acids is 2. The predicted molar refractivity (Wildman–Crippen MR) is 234 cm³/mol. The minimum Gasteiger partial charge on any atom is -0.542 e. The highest BCUT2D eigenvalue weighted by atomic mass is 35.5. The van der Waals surface area contributed by atoms with E-state index in [-0.39, 0.29) is 0 Å². The lowest BCUT2D eigenvalue weighted by atomic mass is 9.70. The van der Waals surface area contributed by atoms with Gasteiger partial charge in [-0.3, -0.25) is 9.97 Å². The van der Waals surface area contributed by atoms with E-state index in [9.17, 15) is 26.3 Å². The molecule has 18 heteroatoms. The summed E-state index contributed by atoms with van der Waals surface area (Å²) in [7, 11) is 13.6. The van der Waals surface area contributed by atoms with Crippen LogP contribution in [0, 0.1) is 11.8 Å². The molecule has 10 nitrogen and oxygen atoms in total. The van der Waals surface area contributed by atoms with Gasteiger partial charge in [-0.2, -0.15) is 26.3 Å². The summed E-state index contributed by atoms with van der Waals surface area (Å²) in [6.07, 6.45) is 3.73. The van der Waals surface area contributed by atoms with E-state index in [0.29, 0.717) is 23.7 Å². The summed E-state index contributed by atoms with van der Waals surface area (Å²) < 4.78 is 65.1. The maximum absolute atomic E-state index is 10.5. The molecule has 0 amide bonds. The van der Waals surface area contributed by atoms with Crippen LogP contribution in [0.3, 0.4) is 0 Å². The zero-order valence-corrected chi connectivity index (χ0v) is 38.1. The third kappa shape index (κ3) is 13.2. The number of anilines is 2. The van der Waals surface area contributed by atoms with E-state index in [1.54, 1.807) is 11.1 Å². The van der Waals surface area contributed by atoms with Crippen LogP contribution in [0.2, 0.25) is 10.0 Å². The van der Waals surface area contributed by atoms with Crippen LogP contribution in [0.15, 0.2) is 59.7 Å². The number of benzene rings is 2. The molecular weight excluding hydrogens is 885 g/mol. The number of allylic oxidation sites excluding steroid dienone is 2. The molecule has 4 unspecified atom stereocenters. The number of aromatic nitrogens is 2. The molecule has 4 bridgehead atoms. The van der Waals surface area contributed by atoms with Crippen molar-refractivity contribution in [3.05, 3.63) is 92.3 Å². The Balaban J connectivity index is 0.000000187. The summed E-state index contributed by atoms with van der Waals surface area (Å²) in [5.41, 5.74) is 25.1. The number of alkyl halides is 6. The first-order valence-electron chi connectivity index (χ1n) is 20.8. The van der Waals surface area contributed by atoms with E-state index < -0.39 is 24.3 Å². The number of carbonyl (C=O) groups is 2. The summed E-state index contributed by atoms with van der Waals surface area (Å²) in [6.45, 7) is 2.37. The standard InChI is InChI=1S/2C21H27ClN3.2C2HF3O2/c2*1-25(2,3)7-6-13-8-14-10-15(9-13)20-19(11-14)24-18-12-16(22)4-5-17(18)21(20)23;2*3-2(4,5)1(6)7/h2*4-5,8,12,14-15H,6-7,9-11H2,1-3H3,(H2,23,24);2*(H,6,7)/q2*+1;;/p-2. The number of hydrogen-bond acceptors (Lipinski definition) is 8. The van der Waals surface area contributed by atoms with Crippen LogP contribution in [-0.4, -0.2) is 98.6 Å². The lowest BCUT2D eigenvalue weighted by Gasteiger charge is -2.36. The fraction of sp³-hybridized carbons (Fsp3) is 0.478. The number of carboxylic acid groups (broad SMARTS) is 2. The molecule has 0 aliphatic heterocycles. The second-order valence-electron chi connectivity index (χ2n) is 19.0. The van der Waals surface area contributed by atoms with Gasteiger partial charge < -0.3 is 40.2 Å². The quantitative estimate of drug-likeness (QED) is 0.113. The van der Waals surface area contributed by atoms with Gasteiger partial charge in [-0.05, 0) is 98.6 Å². The van der Waals surface area contributed by atoms with Gasteiger partial charge in [-0.25, -0.2) is 0 Å². The Morgan fingerprint density at radius 1 is 0.641 bits per heavy atom. The summed E-state index contributed by atoms with van der Waals surface area (Å²) in [6, 6.07) is 11.7. The van der Waals surface area contributed by atoms with Gasteiger partial charge in [0.25, 0.3) is 0 Å². The van der Waals surface area contributed by atoms with Crippen LogP contribution in [0.25, 0.3) is 21.8 Å². The monoisotopic (exact) mass is 938 g/mol. The molecule has 2 heterocycles. The average Bonchev–Trinajstić information content (AvgIpc) is 3.15. The molecule has 64 heavy (non-hydrogen) atoms. The predicted octanol–water partition coefficient (Wildman–Crippen LogP) is 7.68. The SMILES string of the molecule is C[N+](C)(C)CCC1=CC2Cc3nc4cc(Cl)ccc4c(N)c3C(C1)C2.C[N+](C)(C)CCC1=CC2Cc3nc4cc(Cl)ccc4c(N)c3C(C1)C2.O=C([O-])C(F)(F)F.O=C([O-])C(F)(F)F. The molecule has 0 saturated heterocycles. The third-order valence-corrected chi connectivity index (χ3v) is 12.2. The number of quaternary nitrogens is 2. The molecular formula is C46H54Cl2F6N6O4. The van der Waals surface area contributed by atoms with E-state index in [1.807, 2.05) is 36.4 Å². The number of rotatable bonds is 6. The van der Waals surface area contributed by atoms with Crippen LogP contribution in [0.1, 0.15) is 72.9 Å². The Bertz CT molecular complexity index is 2290. The number of halogens is 8. The van der Waals surface area contributed by atoms with Crippen molar-refractivity contribution in [2.24, 2.45) is 11.8 Å².